The molecule has 2 fully saturated rings. The highest BCUT2D eigenvalue weighted by atomic mass is 16.5. The van der Waals surface area contributed by atoms with Gasteiger partial charge in [-0.1, -0.05) is 48.5 Å². The van der Waals surface area contributed by atoms with Crippen molar-refractivity contribution in [2.45, 2.75) is 6.04 Å². The first-order valence-electron chi connectivity index (χ1n) is 10.6. The molecule has 158 valence electrons. The van der Waals surface area contributed by atoms with Gasteiger partial charge in [0.25, 0.3) is 5.91 Å². The fourth-order valence-electron chi connectivity index (χ4n) is 4.35. The van der Waals surface area contributed by atoms with Gasteiger partial charge in [-0.15, -0.1) is 0 Å². The van der Waals surface area contributed by atoms with Gasteiger partial charge in [-0.25, -0.2) is 0 Å². The molecule has 2 aliphatic heterocycles. The Balaban J connectivity index is 1.35. The molecule has 3 aromatic rings. The van der Waals surface area contributed by atoms with Gasteiger partial charge in [0.05, 0.1) is 19.3 Å². The average Bonchev–Trinajstić information content (AvgIpc) is 3.00. The van der Waals surface area contributed by atoms with E-state index in [1.807, 2.05) is 70.5 Å². The molecule has 2 aliphatic rings. The van der Waals surface area contributed by atoms with Crippen LogP contribution in [0.4, 0.5) is 0 Å². The van der Waals surface area contributed by atoms with Gasteiger partial charge in [0.1, 0.15) is 5.58 Å². The fourth-order valence-corrected chi connectivity index (χ4v) is 4.35. The zero-order chi connectivity index (χ0) is 21.2. The van der Waals surface area contributed by atoms with Crippen LogP contribution in [0.2, 0.25) is 0 Å². The molecule has 1 aromatic heterocycles. The van der Waals surface area contributed by atoms with E-state index in [2.05, 4.69) is 0 Å². The molecule has 0 radical (unpaired) electrons. The van der Waals surface area contributed by atoms with Crippen LogP contribution in [0.25, 0.3) is 17.0 Å². The molecule has 0 saturated carbocycles. The summed E-state index contributed by atoms with van der Waals surface area (Å²) in [5, 5.41) is 0.909. The smallest absolute Gasteiger partial charge is 0.289 e. The van der Waals surface area contributed by atoms with E-state index in [1.54, 1.807) is 12.1 Å². The topological polar surface area (TPSA) is 63.0 Å². The van der Waals surface area contributed by atoms with Crippen LogP contribution in [-0.2, 0) is 9.53 Å². The Morgan fingerprint density at radius 2 is 1.74 bits per heavy atom. The molecule has 6 nitrogen and oxygen atoms in total. The van der Waals surface area contributed by atoms with E-state index in [1.165, 1.54) is 0 Å². The molecular formula is C25H24N2O4. The predicted molar refractivity (Wildman–Crippen MR) is 117 cm³/mol. The molecule has 2 saturated heterocycles. The van der Waals surface area contributed by atoms with E-state index >= 15 is 0 Å². The van der Waals surface area contributed by atoms with Gasteiger partial charge in [0.15, 0.2) is 5.76 Å². The minimum atomic E-state index is -0.186. The molecule has 2 aromatic carbocycles. The molecule has 0 N–H and O–H groups in total. The van der Waals surface area contributed by atoms with Crippen LogP contribution >= 0.6 is 0 Å². The Labute approximate surface area is 180 Å². The molecule has 0 spiro atoms. The van der Waals surface area contributed by atoms with E-state index in [0.717, 1.165) is 10.9 Å². The summed E-state index contributed by atoms with van der Waals surface area (Å²) in [6.45, 7) is 2.50. The predicted octanol–water partition coefficient (Wildman–Crippen LogP) is 3.45. The van der Waals surface area contributed by atoms with Gasteiger partial charge in [-0.3, -0.25) is 9.59 Å². The molecule has 2 atom stereocenters. The van der Waals surface area contributed by atoms with Crippen LogP contribution < -0.4 is 0 Å². The summed E-state index contributed by atoms with van der Waals surface area (Å²) in [5.74, 6) is 0.212. The number of hydrogen-bond donors (Lipinski definition) is 0. The van der Waals surface area contributed by atoms with Crippen molar-refractivity contribution in [3.63, 3.8) is 0 Å². The van der Waals surface area contributed by atoms with E-state index in [4.69, 9.17) is 9.15 Å². The lowest BCUT2D eigenvalue weighted by molar-refractivity contribution is -0.128. The summed E-state index contributed by atoms with van der Waals surface area (Å²) in [5.41, 5.74) is 1.68. The van der Waals surface area contributed by atoms with Crippen LogP contribution in [-0.4, -0.2) is 60.5 Å². The van der Waals surface area contributed by atoms with E-state index < -0.39 is 0 Å². The first kappa shape index (κ1) is 19.6. The van der Waals surface area contributed by atoms with Crippen LogP contribution in [0.3, 0.4) is 0 Å². The van der Waals surface area contributed by atoms with Crippen molar-refractivity contribution in [2.24, 2.45) is 5.92 Å². The fraction of sp³-hybridized carbons (Fsp3) is 0.280. The highest BCUT2D eigenvalue weighted by Crippen LogP contribution is 2.24. The third-order valence-electron chi connectivity index (χ3n) is 5.89. The van der Waals surface area contributed by atoms with Crippen LogP contribution in [0.15, 0.2) is 71.2 Å². The summed E-state index contributed by atoms with van der Waals surface area (Å²) in [7, 11) is 0. The largest absolute Gasteiger partial charge is 0.451 e. The number of rotatable bonds is 3. The standard InChI is InChI=1S/C25H24N2O4/c28-24(11-10-18-6-2-1-3-7-18)27-14-19-13-26(15-21(27)17-30-16-19)25(29)23-12-20-8-4-5-9-22(20)31-23/h1-12,19,21H,13-17H2/b11-10+/t19-,21-/m0/s1. The zero-order valence-corrected chi connectivity index (χ0v) is 17.1. The quantitative estimate of drug-likeness (QED) is 0.614. The summed E-state index contributed by atoms with van der Waals surface area (Å²) in [6, 6.07) is 19.0. The highest BCUT2D eigenvalue weighted by molar-refractivity contribution is 5.96. The first-order chi connectivity index (χ1) is 15.2. The van der Waals surface area contributed by atoms with Crippen molar-refractivity contribution in [3.8, 4) is 0 Å². The number of furan rings is 1. The molecule has 6 heteroatoms. The van der Waals surface area contributed by atoms with Gasteiger partial charge < -0.3 is 19.0 Å². The lowest BCUT2D eigenvalue weighted by Gasteiger charge is -2.30. The third-order valence-corrected chi connectivity index (χ3v) is 5.89. The Bertz CT molecular complexity index is 1090. The van der Waals surface area contributed by atoms with Crippen molar-refractivity contribution in [3.05, 3.63) is 78.1 Å². The second kappa shape index (κ2) is 8.40. The van der Waals surface area contributed by atoms with Gasteiger partial charge in [-0.05, 0) is 23.8 Å². The molecular weight excluding hydrogens is 392 g/mol. The van der Waals surface area contributed by atoms with Gasteiger partial charge in [-0.2, -0.15) is 0 Å². The van der Waals surface area contributed by atoms with Crippen LogP contribution in [0.1, 0.15) is 16.1 Å². The Kier molecular flexibility index (Phi) is 5.30. The molecule has 2 amide bonds. The Morgan fingerprint density at radius 3 is 2.58 bits per heavy atom. The van der Waals surface area contributed by atoms with Crippen molar-refractivity contribution in [1.82, 2.24) is 9.80 Å². The average molecular weight is 416 g/mol. The van der Waals surface area contributed by atoms with Crippen LogP contribution in [0.5, 0.6) is 0 Å². The number of hydrogen-bond acceptors (Lipinski definition) is 4. The Hall–Kier alpha value is -3.38. The molecule has 0 aliphatic carbocycles. The molecule has 3 heterocycles. The number of benzene rings is 2. The number of amides is 2. The number of ether oxygens (including phenoxy) is 1. The van der Waals surface area contributed by atoms with Crippen molar-refractivity contribution < 1.29 is 18.7 Å². The van der Waals surface area contributed by atoms with Crippen LogP contribution in [0, 0.1) is 5.92 Å². The normalized spacial score (nSPS) is 21.4. The SMILES string of the molecule is O=C(c1cc2ccccc2o1)N1C[C@@H]2COC[C@H](C1)N(C(=O)/C=C/c1ccccc1)C2. The molecule has 0 unspecified atom stereocenters. The van der Waals surface area contributed by atoms with E-state index in [-0.39, 0.29) is 23.8 Å². The monoisotopic (exact) mass is 416 g/mol. The number of nitrogens with zero attached hydrogens (tertiary/aromatic N) is 2. The van der Waals surface area contributed by atoms with E-state index in [0.29, 0.717) is 44.2 Å². The molecule has 5 rings (SSSR count). The maximum atomic E-state index is 13.2. The highest BCUT2D eigenvalue weighted by Gasteiger charge is 2.37. The number of fused-ring (bicyclic) bond motifs is 4. The lowest BCUT2D eigenvalue weighted by Crippen LogP contribution is -2.47. The zero-order valence-electron chi connectivity index (χ0n) is 17.1. The molecule has 2 bridgehead atoms. The lowest BCUT2D eigenvalue weighted by atomic mass is 10.1. The summed E-state index contributed by atoms with van der Waals surface area (Å²) in [6.07, 6.45) is 3.44. The minimum absolute atomic E-state index is 0.0533. The van der Waals surface area contributed by atoms with E-state index in [9.17, 15) is 9.59 Å². The number of carbonyl (C=O) groups is 2. The van der Waals surface area contributed by atoms with Crippen molar-refractivity contribution in [1.29, 1.82) is 0 Å². The minimum Gasteiger partial charge on any atom is -0.451 e. The summed E-state index contributed by atoms with van der Waals surface area (Å²) in [4.78, 5) is 29.9. The number of carbonyl (C=O) groups excluding carboxylic acids is 2. The summed E-state index contributed by atoms with van der Waals surface area (Å²) >= 11 is 0. The van der Waals surface area contributed by atoms with Gasteiger partial charge >= 0.3 is 0 Å². The Morgan fingerprint density at radius 1 is 0.935 bits per heavy atom. The number of para-hydroxylation sites is 1. The first-order valence-corrected chi connectivity index (χ1v) is 10.6. The maximum absolute atomic E-state index is 13.2. The maximum Gasteiger partial charge on any atom is 0.289 e. The summed E-state index contributed by atoms with van der Waals surface area (Å²) < 4.78 is 11.6. The third kappa shape index (κ3) is 4.11. The second-order valence-corrected chi connectivity index (χ2v) is 8.15. The second-order valence-electron chi connectivity index (χ2n) is 8.15. The van der Waals surface area contributed by atoms with Crippen molar-refractivity contribution in [2.75, 3.05) is 32.8 Å². The van der Waals surface area contributed by atoms with Gasteiger partial charge in [0.2, 0.25) is 5.91 Å². The van der Waals surface area contributed by atoms with Gasteiger partial charge in [0, 0.05) is 37.0 Å². The van der Waals surface area contributed by atoms with Crippen molar-refractivity contribution >= 4 is 28.9 Å². The molecule has 31 heavy (non-hydrogen) atoms.